The first-order valence-electron chi connectivity index (χ1n) is 9.42. The van der Waals surface area contributed by atoms with Gasteiger partial charge in [-0.2, -0.15) is 4.31 Å². The fourth-order valence-corrected chi connectivity index (χ4v) is 5.57. The second-order valence-corrected chi connectivity index (χ2v) is 9.80. The van der Waals surface area contributed by atoms with E-state index in [1.807, 2.05) is 30.3 Å². The van der Waals surface area contributed by atoms with Crippen LogP contribution in [0.25, 0.3) is 10.6 Å². The molecule has 2 heterocycles. The number of hydrogen-bond acceptors (Lipinski definition) is 5. The zero-order chi connectivity index (χ0) is 20.3. The molecule has 150 valence electrons. The van der Waals surface area contributed by atoms with Crippen molar-refractivity contribution in [2.45, 2.75) is 24.3 Å². The Bertz CT molecular complexity index is 1090. The Labute approximate surface area is 174 Å². The summed E-state index contributed by atoms with van der Waals surface area (Å²) in [7, 11) is -3.41. The topological polar surface area (TPSA) is 79.4 Å². The minimum absolute atomic E-state index is 0.196. The molecule has 1 fully saturated rings. The van der Waals surface area contributed by atoms with Gasteiger partial charge in [0.05, 0.1) is 11.1 Å². The van der Waals surface area contributed by atoms with Crippen LogP contribution in [0.1, 0.15) is 28.1 Å². The van der Waals surface area contributed by atoms with E-state index in [1.165, 1.54) is 15.6 Å². The highest BCUT2D eigenvalue weighted by Gasteiger charge is 2.26. The van der Waals surface area contributed by atoms with E-state index < -0.39 is 10.0 Å². The van der Waals surface area contributed by atoms with Crippen molar-refractivity contribution in [3.05, 3.63) is 71.2 Å². The summed E-state index contributed by atoms with van der Waals surface area (Å²) in [5.74, 6) is -0.196. The van der Waals surface area contributed by atoms with Crippen molar-refractivity contribution in [2.24, 2.45) is 0 Å². The quantitative estimate of drug-likeness (QED) is 0.653. The molecule has 1 aromatic heterocycles. The summed E-state index contributed by atoms with van der Waals surface area (Å²) in [4.78, 5) is 17.6. The lowest BCUT2D eigenvalue weighted by atomic mass is 10.2. The van der Waals surface area contributed by atoms with Gasteiger partial charge in [0.15, 0.2) is 0 Å². The van der Waals surface area contributed by atoms with Gasteiger partial charge in [-0.3, -0.25) is 4.79 Å². The highest BCUT2D eigenvalue weighted by atomic mass is 32.2. The molecule has 0 spiro atoms. The van der Waals surface area contributed by atoms with Crippen molar-refractivity contribution in [3.8, 4) is 10.6 Å². The number of nitrogens with one attached hydrogen (secondary N) is 1. The molecule has 0 atom stereocenters. The van der Waals surface area contributed by atoms with Crippen LogP contribution >= 0.6 is 11.3 Å². The molecular weight excluding hydrogens is 406 g/mol. The smallest absolute Gasteiger partial charge is 0.263 e. The standard InChI is InChI=1S/C21H21N3O3S2/c25-20(19-15-23-21(28-19)17-6-2-1-3-7-17)22-14-16-8-10-18(11-9-16)29(26,27)24-12-4-5-13-24/h1-3,6-11,15H,4-5,12-14H2,(H,22,25). The second kappa shape index (κ2) is 8.44. The van der Waals surface area contributed by atoms with Crippen LogP contribution in [0.2, 0.25) is 0 Å². The third kappa shape index (κ3) is 4.39. The normalized spacial score (nSPS) is 14.8. The average molecular weight is 428 g/mol. The molecule has 0 saturated carbocycles. The number of thiazole rings is 1. The largest absolute Gasteiger partial charge is 0.347 e. The molecule has 1 N–H and O–H groups in total. The lowest BCUT2D eigenvalue weighted by molar-refractivity contribution is 0.0954. The highest BCUT2D eigenvalue weighted by Crippen LogP contribution is 2.25. The SMILES string of the molecule is O=C(NCc1ccc(S(=O)(=O)N2CCCC2)cc1)c1cnc(-c2ccccc2)s1. The predicted molar refractivity (Wildman–Crippen MR) is 113 cm³/mol. The monoisotopic (exact) mass is 427 g/mol. The summed E-state index contributed by atoms with van der Waals surface area (Å²) in [6, 6.07) is 16.4. The maximum Gasteiger partial charge on any atom is 0.263 e. The molecule has 29 heavy (non-hydrogen) atoms. The van der Waals surface area contributed by atoms with Crippen molar-refractivity contribution in [3.63, 3.8) is 0 Å². The van der Waals surface area contributed by atoms with Crippen molar-refractivity contribution in [1.82, 2.24) is 14.6 Å². The molecule has 1 aliphatic rings. The first-order valence-corrected chi connectivity index (χ1v) is 11.7. The fourth-order valence-electron chi connectivity index (χ4n) is 3.22. The zero-order valence-electron chi connectivity index (χ0n) is 15.7. The van der Waals surface area contributed by atoms with Crippen LogP contribution in [0.15, 0.2) is 65.7 Å². The van der Waals surface area contributed by atoms with Crippen LogP contribution in [-0.2, 0) is 16.6 Å². The minimum Gasteiger partial charge on any atom is -0.347 e. The third-order valence-electron chi connectivity index (χ3n) is 4.83. The summed E-state index contributed by atoms with van der Waals surface area (Å²) >= 11 is 1.34. The fraction of sp³-hybridized carbons (Fsp3) is 0.238. The zero-order valence-corrected chi connectivity index (χ0v) is 17.4. The van der Waals surface area contributed by atoms with E-state index in [1.54, 1.807) is 30.5 Å². The van der Waals surface area contributed by atoms with Crippen LogP contribution < -0.4 is 5.32 Å². The summed E-state index contributed by atoms with van der Waals surface area (Å²) in [5.41, 5.74) is 1.82. The van der Waals surface area contributed by atoms with Crippen LogP contribution in [0.3, 0.4) is 0 Å². The summed E-state index contributed by atoms with van der Waals surface area (Å²) in [6.45, 7) is 1.49. The van der Waals surface area contributed by atoms with E-state index in [-0.39, 0.29) is 5.91 Å². The Morgan fingerprint density at radius 3 is 2.41 bits per heavy atom. The Balaban J connectivity index is 1.38. The number of carbonyl (C=O) groups excluding carboxylic acids is 1. The van der Waals surface area contributed by atoms with E-state index >= 15 is 0 Å². The molecule has 0 aliphatic carbocycles. The predicted octanol–water partition coefficient (Wildman–Crippen LogP) is 3.52. The van der Waals surface area contributed by atoms with Crippen LogP contribution in [0, 0.1) is 0 Å². The maximum absolute atomic E-state index is 12.6. The first kappa shape index (κ1) is 19.8. The van der Waals surface area contributed by atoms with E-state index in [9.17, 15) is 13.2 Å². The number of nitrogens with zero attached hydrogens (tertiary/aromatic N) is 2. The Hall–Kier alpha value is -2.55. The molecule has 6 nitrogen and oxygen atoms in total. The van der Waals surface area contributed by atoms with Gasteiger partial charge >= 0.3 is 0 Å². The van der Waals surface area contributed by atoms with Crippen molar-refractivity contribution < 1.29 is 13.2 Å². The van der Waals surface area contributed by atoms with E-state index in [2.05, 4.69) is 10.3 Å². The summed E-state index contributed by atoms with van der Waals surface area (Å²) in [5, 5.41) is 3.66. The second-order valence-electron chi connectivity index (χ2n) is 6.83. The number of benzene rings is 2. The molecule has 2 aromatic carbocycles. The van der Waals surface area contributed by atoms with Gasteiger partial charge in [0.2, 0.25) is 10.0 Å². The number of carbonyl (C=O) groups is 1. The molecule has 1 saturated heterocycles. The Morgan fingerprint density at radius 2 is 1.72 bits per heavy atom. The third-order valence-corrected chi connectivity index (χ3v) is 7.79. The molecule has 1 aliphatic heterocycles. The molecule has 0 bridgehead atoms. The van der Waals surface area contributed by atoms with Crippen molar-refractivity contribution >= 4 is 27.3 Å². The van der Waals surface area contributed by atoms with Crippen molar-refractivity contribution in [2.75, 3.05) is 13.1 Å². The van der Waals surface area contributed by atoms with Gasteiger partial charge in [-0.1, -0.05) is 42.5 Å². The lowest BCUT2D eigenvalue weighted by Gasteiger charge is -2.15. The number of aromatic nitrogens is 1. The summed E-state index contributed by atoms with van der Waals surface area (Å²) in [6.07, 6.45) is 3.40. The van der Waals surface area contributed by atoms with Gasteiger partial charge in [0, 0.05) is 25.2 Å². The Kier molecular flexibility index (Phi) is 5.75. The number of sulfonamides is 1. The maximum atomic E-state index is 12.6. The van der Waals surface area contributed by atoms with E-state index in [0.29, 0.717) is 29.4 Å². The molecule has 4 rings (SSSR count). The molecule has 3 aromatic rings. The van der Waals surface area contributed by atoms with Gasteiger partial charge in [-0.15, -0.1) is 11.3 Å². The van der Waals surface area contributed by atoms with Crippen molar-refractivity contribution in [1.29, 1.82) is 0 Å². The van der Waals surface area contributed by atoms with E-state index in [0.717, 1.165) is 29.0 Å². The molecular formula is C21H21N3O3S2. The first-order chi connectivity index (χ1) is 14.0. The van der Waals surface area contributed by atoms with Crippen LogP contribution in [0.5, 0.6) is 0 Å². The molecule has 8 heteroatoms. The van der Waals surface area contributed by atoms with E-state index in [4.69, 9.17) is 0 Å². The van der Waals surface area contributed by atoms with Gasteiger partial charge in [0.1, 0.15) is 9.88 Å². The lowest BCUT2D eigenvalue weighted by Crippen LogP contribution is -2.27. The van der Waals surface area contributed by atoms with Crippen LogP contribution in [0.4, 0.5) is 0 Å². The number of rotatable bonds is 6. The molecule has 0 radical (unpaired) electrons. The molecule has 1 amide bonds. The highest BCUT2D eigenvalue weighted by molar-refractivity contribution is 7.89. The van der Waals surface area contributed by atoms with Gasteiger partial charge in [-0.25, -0.2) is 13.4 Å². The van der Waals surface area contributed by atoms with Crippen LogP contribution in [-0.4, -0.2) is 36.7 Å². The van der Waals surface area contributed by atoms with Gasteiger partial charge in [0.25, 0.3) is 5.91 Å². The van der Waals surface area contributed by atoms with Gasteiger partial charge < -0.3 is 5.32 Å². The Morgan fingerprint density at radius 1 is 1.03 bits per heavy atom. The average Bonchev–Trinajstić information content (AvgIpc) is 3.46. The minimum atomic E-state index is -3.41. The van der Waals surface area contributed by atoms with Gasteiger partial charge in [-0.05, 0) is 30.5 Å². The number of amides is 1. The number of hydrogen-bond donors (Lipinski definition) is 1. The molecule has 0 unspecified atom stereocenters. The summed E-state index contributed by atoms with van der Waals surface area (Å²) < 4.78 is 26.7.